The lowest BCUT2D eigenvalue weighted by molar-refractivity contribution is 0.252. The second kappa shape index (κ2) is 6.60. The van der Waals surface area contributed by atoms with Crippen LogP contribution in [0.3, 0.4) is 0 Å². The third-order valence-corrected chi connectivity index (χ3v) is 4.06. The lowest BCUT2D eigenvalue weighted by Crippen LogP contribution is -2.30. The first kappa shape index (κ1) is 15.1. The van der Waals surface area contributed by atoms with E-state index >= 15 is 0 Å². The zero-order valence-electron chi connectivity index (χ0n) is 13.5. The van der Waals surface area contributed by atoms with Crippen molar-refractivity contribution < 1.29 is 4.79 Å². The highest BCUT2D eigenvalue weighted by Crippen LogP contribution is 2.22. The van der Waals surface area contributed by atoms with E-state index in [0.29, 0.717) is 13.0 Å². The maximum atomic E-state index is 12.2. The summed E-state index contributed by atoms with van der Waals surface area (Å²) in [7, 11) is 0. The summed E-state index contributed by atoms with van der Waals surface area (Å²) in [6, 6.07) is 19.3. The fourth-order valence-corrected chi connectivity index (χ4v) is 2.85. The predicted octanol–water partition coefficient (Wildman–Crippen LogP) is 3.25. The van der Waals surface area contributed by atoms with Gasteiger partial charge in [-0.1, -0.05) is 42.5 Å². The number of rotatable bonds is 4. The maximum absolute atomic E-state index is 12.2. The number of carbonyl (C=O) groups is 1. The van der Waals surface area contributed by atoms with Crippen molar-refractivity contribution >= 4 is 28.1 Å². The first-order chi connectivity index (χ1) is 12.3. The van der Waals surface area contributed by atoms with Gasteiger partial charge >= 0.3 is 6.03 Å². The van der Waals surface area contributed by atoms with Gasteiger partial charge < -0.3 is 10.6 Å². The fourth-order valence-electron chi connectivity index (χ4n) is 2.85. The number of benzene rings is 2. The molecule has 2 aromatic carbocycles. The minimum atomic E-state index is -0.231. The third-order valence-electron chi connectivity index (χ3n) is 4.06. The number of nitrogens with zero attached hydrogens (tertiary/aromatic N) is 3. The van der Waals surface area contributed by atoms with Crippen LogP contribution in [0.1, 0.15) is 5.82 Å². The molecule has 0 atom stereocenters. The van der Waals surface area contributed by atoms with E-state index in [2.05, 4.69) is 20.8 Å². The number of hydrogen-bond acceptors (Lipinski definition) is 3. The molecule has 0 fully saturated rings. The van der Waals surface area contributed by atoms with E-state index in [-0.39, 0.29) is 6.03 Å². The van der Waals surface area contributed by atoms with Gasteiger partial charge in [-0.15, -0.1) is 10.2 Å². The number of fused-ring (bicyclic) bond motifs is 2. The van der Waals surface area contributed by atoms with Crippen molar-refractivity contribution in [3.8, 4) is 0 Å². The Labute approximate surface area is 144 Å². The molecule has 0 saturated heterocycles. The van der Waals surface area contributed by atoms with Gasteiger partial charge in [0, 0.05) is 24.5 Å². The number of hydrogen-bond donors (Lipinski definition) is 2. The molecule has 4 aromatic rings. The molecule has 124 valence electrons. The third kappa shape index (κ3) is 3.14. The van der Waals surface area contributed by atoms with Crippen molar-refractivity contribution in [3.63, 3.8) is 0 Å². The van der Waals surface area contributed by atoms with Crippen molar-refractivity contribution in [3.05, 3.63) is 72.7 Å². The first-order valence-electron chi connectivity index (χ1n) is 8.12. The van der Waals surface area contributed by atoms with Crippen molar-refractivity contribution in [1.29, 1.82) is 0 Å². The Morgan fingerprint density at radius 1 is 0.960 bits per heavy atom. The molecule has 25 heavy (non-hydrogen) atoms. The van der Waals surface area contributed by atoms with Crippen LogP contribution in [0, 0.1) is 0 Å². The van der Waals surface area contributed by atoms with E-state index in [1.54, 1.807) is 0 Å². The Balaban J connectivity index is 1.39. The highest BCUT2D eigenvalue weighted by Gasteiger charge is 2.07. The van der Waals surface area contributed by atoms with Crippen LogP contribution in [0.4, 0.5) is 10.5 Å². The van der Waals surface area contributed by atoms with Crippen molar-refractivity contribution in [2.45, 2.75) is 6.42 Å². The lowest BCUT2D eigenvalue weighted by Gasteiger charge is -2.10. The van der Waals surface area contributed by atoms with Gasteiger partial charge in [-0.3, -0.25) is 4.40 Å². The molecule has 2 aromatic heterocycles. The Bertz CT molecular complexity index is 1030. The molecule has 0 aliphatic heterocycles. The summed E-state index contributed by atoms with van der Waals surface area (Å²) in [6.45, 7) is 0.478. The van der Waals surface area contributed by atoms with Gasteiger partial charge in [-0.2, -0.15) is 0 Å². The van der Waals surface area contributed by atoms with Crippen LogP contribution in [0.15, 0.2) is 66.9 Å². The second-order valence-electron chi connectivity index (χ2n) is 5.70. The number of carbonyl (C=O) groups excluding carboxylic acids is 1. The highest BCUT2D eigenvalue weighted by atomic mass is 16.2. The summed E-state index contributed by atoms with van der Waals surface area (Å²) >= 11 is 0. The number of amides is 2. The molecule has 4 rings (SSSR count). The standard InChI is InChI=1S/C19H17N5O/c25-19(21-16-9-5-7-14-6-1-2-8-15(14)16)20-12-11-18-23-22-17-10-3-4-13-24(17)18/h1-10,13H,11-12H2,(H2,20,21,25). The largest absolute Gasteiger partial charge is 0.337 e. The monoisotopic (exact) mass is 331 g/mol. The van der Waals surface area contributed by atoms with E-state index < -0.39 is 0 Å². The SMILES string of the molecule is O=C(NCCc1nnc2ccccn12)Nc1cccc2ccccc12. The molecule has 0 aliphatic carbocycles. The van der Waals surface area contributed by atoms with Gasteiger partial charge in [0.2, 0.25) is 0 Å². The number of anilines is 1. The Morgan fingerprint density at radius 2 is 1.80 bits per heavy atom. The normalized spacial score (nSPS) is 10.9. The second-order valence-corrected chi connectivity index (χ2v) is 5.70. The van der Waals surface area contributed by atoms with Crippen LogP contribution < -0.4 is 10.6 Å². The summed E-state index contributed by atoms with van der Waals surface area (Å²) in [5.74, 6) is 0.820. The van der Waals surface area contributed by atoms with Gasteiger partial charge in [0.05, 0.1) is 5.69 Å². The number of aromatic nitrogens is 3. The van der Waals surface area contributed by atoms with Crippen LogP contribution in [0.5, 0.6) is 0 Å². The highest BCUT2D eigenvalue weighted by molar-refractivity contribution is 6.01. The number of urea groups is 1. The fraction of sp³-hybridized carbons (Fsp3) is 0.105. The topological polar surface area (TPSA) is 71.3 Å². The van der Waals surface area contributed by atoms with E-state index in [1.165, 1.54) is 0 Å². The molecule has 0 saturated carbocycles. The van der Waals surface area contributed by atoms with Crippen LogP contribution >= 0.6 is 0 Å². The van der Waals surface area contributed by atoms with E-state index in [4.69, 9.17) is 0 Å². The molecule has 0 radical (unpaired) electrons. The minimum Gasteiger partial charge on any atom is -0.337 e. The van der Waals surface area contributed by atoms with Crippen molar-refractivity contribution in [2.24, 2.45) is 0 Å². The molecule has 2 N–H and O–H groups in total. The summed E-state index contributed by atoms with van der Waals surface area (Å²) < 4.78 is 1.92. The quantitative estimate of drug-likeness (QED) is 0.603. The molecule has 6 nitrogen and oxygen atoms in total. The van der Waals surface area contributed by atoms with Crippen LogP contribution in [-0.2, 0) is 6.42 Å². The van der Waals surface area contributed by atoms with E-state index in [9.17, 15) is 4.79 Å². The Hall–Kier alpha value is -3.41. The molecule has 0 bridgehead atoms. The number of nitrogens with one attached hydrogen (secondary N) is 2. The maximum Gasteiger partial charge on any atom is 0.319 e. The Kier molecular flexibility index (Phi) is 4.00. The minimum absolute atomic E-state index is 0.231. The van der Waals surface area contributed by atoms with Gasteiger partial charge in [0.25, 0.3) is 0 Å². The van der Waals surface area contributed by atoms with Gasteiger partial charge in [-0.05, 0) is 23.6 Å². The van der Waals surface area contributed by atoms with Crippen LogP contribution in [-0.4, -0.2) is 27.2 Å². The molecule has 0 aliphatic rings. The zero-order chi connectivity index (χ0) is 17.1. The van der Waals surface area contributed by atoms with Crippen molar-refractivity contribution in [2.75, 3.05) is 11.9 Å². The molecular formula is C19H17N5O. The smallest absolute Gasteiger partial charge is 0.319 e. The van der Waals surface area contributed by atoms with E-state index in [1.807, 2.05) is 71.3 Å². The van der Waals surface area contributed by atoms with E-state index in [0.717, 1.165) is 27.9 Å². The average Bonchev–Trinajstić information content (AvgIpc) is 3.05. The molecule has 0 spiro atoms. The molecular weight excluding hydrogens is 314 g/mol. The average molecular weight is 331 g/mol. The predicted molar refractivity (Wildman–Crippen MR) is 97.7 cm³/mol. The van der Waals surface area contributed by atoms with Gasteiger partial charge in [0.15, 0.2) is 5.65 Å². The number of pyridine rings is 1. The molecule has 0 unspecified atom stereocenters. The summed E-state index contributed by atoms with van der Waals surface area (Å²) in [4.78, 5) is 12.2. The molecule has 2 amide bonds. The molecule has 6 heteroatoms. The summed E-state index contributed by atoms with van der Waals surface area (Å²) in [5, 5.41) is 16.1. The lowest BCUT2D eigenvalue weighted by atomic mass is 10.1. The van der Waals surface area contributed by atoms with Crippen molar-refractivity contribution in [1.82, 2.24) is 19.9 Å². The first-order valence-corrected chi connectivity index (χ1v) is 8.12. The zero-order valence-corrected chi connectivity index (χ0v) is 13.5. The van der Waals surface area contributed by atoms with Crippen LogP contribution in [0.25, 0.3) is 16.4 Å². The summed E-state index contributed by atoms with van der Waals surface area (Å²) in [5.41, 5.74) is 1.60. The van der Waals surface area contributed by atoms with Crippen LogP contribution in [0.2, 0.25) is 0 Å². The van der Waals surface area contributed by atoms with Gasteiger partial charge in [-0.25, -0.2) is 4.79 Å². The molecule has 2 heterocycles. The Morgan fingerprint density at radius 3 is 2.76 bits per heavy atom. The summed E-state index contributed by atoms with van der Waals surface area (Å²) in [6.07, 6.45) is 2.52. The van der Waals surface area contributed by atoms with Gasteiger partial charge in [0.1, 0.15) is 5.82 Å².